The van der Waals surface area contributed by atoms with Gasteiger partial charge in [-0.05, 0) is 72.9 Å². The van der Waals surface area contributed by atoms with Crippen LogP contribution in [-0.4, -0.2) is 130 Å². The van der Waals surface area contributed by atoms with Crippen LogP contribution < -0.4 is 10.9 Å². The number of carbonyl (C=O) groups is 2. The number of aliphatic hydroxyl groups excluding tert-OH is 1. The largest absolute Gasteiger partial charge is 0.506 e. The molecule has 4 heterocycles. The number of aromatic amines is 1. The molecule has 4 N–H and O–H groups in total. The number of H-pyrrole nitrogens is 1. The summed E-state index contributed by atoms with van der Waals surface area (Å²) >= 11 is 6.91. The minimum atomic E-state index is -0.874. The van der Waals surface area contributed by atoms with Crippen molar-refractivity contribution in [3.05, 3.63) is 92.5 Å². The van der Waals surface area contributed by atoms with Gasteiger partial charge in [0, 0.05) is 82.1 Å². The van der Waals surface area contributed by atoms with Gasteiger partial charge in [-0.25, -0.2) is 0 Å². The molecule has 14 nitrogen and oxygen atoms in total. The van der Waals surface area contributed by atoms with E-state index in [2.05, 4.69) is 26.4 Å². The Morgan fingerprint density at radius 1 is 1.11 bits per heavy atom. The van der Waals surface area contributed by atoms with Crippen molar-refractivity contribution in [2.24, 2.45) is 5.92 Å². The summed E-state index contributed by atoms with van der Waals surface area (Å²) in [5.74, 6) is 0.593. The molecule has 1 unspecified atom stereocenters. The molecule has 4 aromatic rings. The first-order valence-corrected chi connectivity index (χ1v) is 20.5. The molecule has 2 aromatic heterocycles. The molecule has 2 aromatic carbocycles. The van der Waals surface area contributed by atoms with Gasteiger partial charge in [0.05, 0.1) is 50.0 Å². The van der Waals surface area contributed by atoms with Crippen molar-refractivity contribution in [2.45, 2.75) is 63.3 Å². The number of aromatic nitrogens is 3. The number of phenols is 1. The lowest BCUT2D eigenvalue weighted by atomic mass is 9.89. The number of hydrogen-bond acceptors (Lipinski definition) is 10. The van der Waals surface area contributed by atoms with Crippen LogP contribution in [-0.2, 0) is 33.8 Å². The molecule has 2 aliphatic heterocycles. The first-order chi connectivity index (χ1) is 27.6. The molecule has 7 rings (SSSR count). The molecule has 3 aliphatic rings. The van der Waals surface area contributed by atoms with Crippen molar-refractivity contribution in [1.82, 2.24) is 34.8 Å². The van der Waals surface area contributed by atoms with E-state index in [-0.39, 0.29) is 47.2 Å². The first kappa shape index (κ1) is 40.9. The van der Waals surface area contributed by atoms with E-state index in [4.69, 9.17) is 21.1 Å². The first-order valence-electron chi connectivity index (χ1n) is 20.1. The number of nitrogens with zero attached hydrogens (tertiary/aromatic N) is 5. The van der Waals surface area contributed by atoms with Gasteiger partial charge < -0.3 is 39.8 Å². The number of phenolic OH excluding ortho intramolecular Hbond substituents is 1. The summed E-state index contributed by atoms with van der Waals surface area (Å²) in [5, 5.41) is 29.9. The number of likely N-dealkylation sites (N-methyl/N-ethyl adjacent to an activating group) is 1. The zero-order chi connectivity index (χ0) is 39.9. The molecule has 3 fully saturated rings. The Morgan fingerprint density at radius 2 is 1.91 bits per heavy atom. The van der Waals surface area contributed by atoms with Crippen LogP contribution >= 0.6 is 11.6 Å². The Morgan fingerprint density at radius 3 is 2.72 bits per heavy atom. The van der Waals surface area contributed by atoms with Crippen LogP contribution in [0.5, 0.6) is 5.75 Å². The van der Waals surface area contributed by atoms with Crippen LogP contribution in [0, 0.1) is 5.92 Å². The van der Waals surface area contributed by atoms with Crippen molar-refractivity contribution in [3.63, 3.8) is 0 Å². The average molecular weight is 804 g/mol. The number of carbonyl (C=O) groups excluding carboxylic acids is 2. The van der Waals surface area contributed by atoms with Gasteiger partial charge in [0.15, 0.2) is 0 Å². The number of morpholine rings is 1. The highest BCUT2D eigenvalue weighted by Gasteiger charge is 2.41. The maximum Gasteiger partial charge on any atom is 0.274 e. The van der Waals surface area contributed by atoms with E-state index in [9.17, 15) is 24.6 Å². The fourth-order valence-electron chi connectivity index (χ4n) is 7.84. The van der Waals surface area contributed by atoms with Crippen LogP contribution in [0.4, 0.5) is 0 Å². The van der Waals surface area contributed by atoms with E-state index in [1.54, 1.807) is 24.1 Å². The molecule has 15 heteroatoms. The molecule has 0 radical (unpaired) electrons. The van der Waals surface area contributed by atoms with Gasteiger partial charge in [-0.15, -0.1) is 0 Å². The number of amides is 2. The average Bonchev–Trinajstić information content (AvgIpc) is 3.91. The van der Waals surface area contributed by atoms with Gasteiger partial charge in [0.1, 0.15) is 11.4 Å². The lowest BCUT2D eigenvalue weighted by molar-refractivity contribution is -0.131. The van der Waals surface area contributed by atoms with Crippen LogP contribution in [0.25, 0.3) is 10.9 Å². The molecule has 1 aliphatic carbocycles. The van der Waals surface area contributed by atoms with Crippen molar-refractivity contribution in [1.29, 1.82) is 0 Å². The predicted molar refractivity (Wildman–Crippen MR) is 216 cm³/mol. The number of hydrogen-bond donors (Lipinski definition) is 4. The number of benzene rings is 2. The van der Waals surface area contributed by atoms with Gasteiger partial charge in [-0.3, -0.25) is 24.0 Å². The van der Waals surface area contributed by atoms with Gasteiger partial charge in [0.2, 0.25) is 11.5 Å². The molecule has 1 atom stereocenters. The van der Waals surface area contributed by atoms with Gasteiger partial charge in [-0.1, -0.05) is 35.9 Å². The number of aliphatic hydroxyl groups is 1. The molecule has 306 valence electrons. The third kappa shape index (κ3) is 10.4. The number of rotatable bonds is 17. The predicted octanol–water partition coefficient (Wildman–Crippen LogP) is 3.73. The fraction of sp³-hybridized carbons (Fsp3) is 0.524. The van der Waals surface area contributed by atoms with E-state index >= 15 is 0 Å². The molecular weight excluding hydrogens is 750 g/mol. The summed E-state index contributed by atoms with van der Waals surface area (Å²) in [4.78, 5) is 46.3. The lowest BCUT2D eigenvalue weighted by Gasteiger charge is -2.47. The molecule has 2 amide bonds. The van der Waals surface area contributed by atoms with E-state index in [1.165, 1.54) is 25.0 Å². The number of piperidine rings is 1. The highest BCUT2D eigenvalue weighted by Crippen LogP contribution is 2.33. The molecule has 2 saturated heterocycles. The second-order valence-corrected chi connectivity index (χ2v) is 16.1. The van der Waals surface area contributed by atoms with Crippen LogP contribution in [0.15, 0.2) is 59.5 Å². The summed E-state index contributed by atoms with van der Waals surface area (Å²) in [6.07, 6.45) is 6.11. The normalized spacial score (nSPS) is 17.6. The van der Waals surface area contributed by atoms with E-state index in [0.717, 1.165) is 55.2 Å². The number of aromatic hydroxyl groups is 1. The maximum absolute atomic E-state index is 13.3. The fourth-order valence-corrected chi connectivity index (χ4v) is 8.12. The Hall–Kier alpha value is -4.31. The van der Waals surface area contributed by atoms with Gasteiger partial charge in [-0.2, -0.15) is 5.10 Å². The van der Waals surface area contributed by atoms with E-state index in [1.807, 2.05) is 34.0 Å². The lowest BCUT2D eigenvalue weighted by Crippen LogP contribution is -2.58. The quantitative estimate of drug-likeness (QED) is 0.116. The Labute approximate surface area is 337 Å². The standard InChI is InChI=1S/C42H54ClN7O7/c1-47(20-16-44-25-36(52)32-7-9-35(51)40-33(32)8-10-37(53)45-40)38(54)13-23-56-22-12-30-3-2-4-31(39(30)43)27-48-18-14-42(15-19-48)28-49(21-24-57-42)41(55)34-11-17-50(46-34)26-29-5-6-29/h2-4,7-11,17,29,36,44,51-52H,5-6,12-16,18-28H2,1H3,(H,45,53). The summed E-state index contributed by atoms with van der Waals surface area (Å²) in [6.45, 7) is 6.93. The third-order valence-electron chi connectivity index (χ3n) is 11.5. The number of likely N-dealkylation sites (tertiary alicyclic amines) is 1. The van der Waals surface area contributed by atoms with Crippen LogP contribution in [0.1, 0.15) is 65.4 Å². The number of ether oxygens (including phenoxy) is 2. The van der Waals surface area contributed by atoms with E-state index in [0.29, 0.717) is 75.0 Å². The van der Waals surface area contributed by atoms with Crippen molar-refractivity contribution in [3.8, 4) is 5.75 Å². The van der Waals surface area contributed by atoms with Crippen molar-refractivity contribution >= 4 is 34.3 Å². The van der Waals surface area contributed by atoms with E-state index < -0.39 is 6.10 Å². The Balaban J connectivity index is 0.785. The Bertz CT molecular complexity index is 2080. The SMILES string of the molecule is CN(CCNCC(O)c1ccc(O)c2[nH]c(=O)ccc12)C(=O)CCOCCc1cccc(CN2CCC3(CC2)CN(C(=O)c2ccn(CC4CC4)n2)CCO3)c1Cl. The summed E-state index contributed by atoms with van der Waals surface area (Å²) < 4.78 is 14.1. The molecule has 0 bridgehead atoms. The molecule has 57 heavy (non-hydrogen) atoms. The highest BCUT2D eigenvalue weighted by molar-refractivity contribution is 6.32. The summed E-state index contributed by atoms with van der Waals surface area (Å²) in [6, 6.07) is 14.0. The Kier molecular flexibility index (Phi) is 13.3. The van der Waals surface area contributed by atoms with Crippen molar-refractivity contribution in [2.75, 3.05) is 72.7 Å². The van der Waals surface area contributed by atoms with Gasteiger partial charge >= 0.3 is 0 Å². The molecular formula is C42H54ClN7O7. The second kappa shape index (κ2) is 18.5. The minimum Gasteiger partial charge on any atom is -0.506 e. The topological polar surface area (TPSA) is 165 Å². The zero-order valence-corrected chi connectivity index (χ0v) is 33.4. The van der Waals surface area contributed by atoms with Crippen LogP contribution in [0.3, 0.4) is 0 Å². The van der Waals surface area contributed by atoms with Crippen LogP contribution in [0.2, 0.25) is 5.02 Å². The third-order valence-corrected chi connectivity index (χ3v) is 12.0. The molecule has 1 spiro atoms. The minimum absolute atomic E-state index is 0.0110. The van der Waals surface area contributed by atoms with Gasteiger partial charge in [0.25, 0.3) is 5.91 Å². The molecule has 1 saturated carbocycles. The maximum atomic E-state index is 13.3. The number of halogens is 1. The highest BCUT2D eigenvalue weighted by atomic mass is 35.5. The number of nitrogens with one attached hydrogen (secondary N) is 2. The summed E-state index contributed by atoms with van der Waals surface area (Å²) in [5.41, 5.74) is 2.79. The summed E-state index contributed by atoms with van der Waals surface area (Å²) in [7, 11) is 1.74. The monoisotopic (exact) mass is 803 g/mol. The number of fused-ring (bicyclic) bond motifs is 1. The second-order valence-electron chi connectivity index (χ2n) is 15.7. The number of pyridine rings is 1. The smallest absolute Gasteiger partial charge is 0.274 e. The zero-order valence-electron chi connectivity index (χ0n) is 32.6. The van der Waals surface area contributed by atoms with Crippen molar-refractivity contribution < 1.29 is 29.3 Å².